The lowest BCUT2D eigenvalue weighted by molar-refractivity contribution is -0.385. The average molecular weight is 445 g/mol. The molecule has 0 saturated heterocycles. The lowest BCUT2D eigenvalue weighted by Crippen LogP contribution is -2.32. The minimum absolute atomic E-state index is 0.0721. The SMILES string of the molecule is O=[N+]([O-])c1ccc(N=CC(S(=O)(=O)c2ccccc2)S(=O)(=O)c2ccccc2)nc1. The highest BCUT2D eigenvalue weighted by Gasteiger charge is 2.38. The maximum Gasteiger partial charge on any atom is 0.287 e. The van der Waals surface area contributed by atoms with Crippen LogP contribution in [0.15, 0.2) is 93.8 Å². The van der Waals surface area contributed by atoms with E-state index in [1.165, 1.54) is 54.6 Å². The van der Waals surface area contributed by atoms with Crippen LogP contribution in [0, 0.1) is 10.1 Å². The molecule has 0 radical (unpaired) electrons. The van der Waals surface area contributed by atoms with Crippen LogP contribution in [0.2, 0.25) is 0 Å². The highest BCUT2D eigenvalue weighted by molar-refractivity contribution is 8.10. The monoisotopic (exact) mass is 445 g/mol. The number of nitrogens with zero attached hydrogens (tertiary/aromatic N) is 3. The number of benzene rings is 2. The predicted octanol–water partition coefficient (Wildman–Crippen LogP) is 2.97. The van der Waals surface area contributed by atoms with Gasteiger partial charge in [0.2, 0.25) is 24.3 Å². The number of hydrogen-bond donors (Lipinski definition) is 0. The van der Waals surface area contributed by atoms with Crippen molar-refractivity contribution in [2.75, 3.05) is 0 Å². The van der Waals surface area contributed by atoms with Gasteiger partial charge in [0.15, 0.2) is 5.82 Å². The van der Waals surface area contributed by atoms with Crippen LogP contribution in [0.3, 0.4) is 0 Å². The summed E-state index contributed by atoms with van der Waals surface area (Å²) in [6.45, 7) is 0. The van der Waals surface area contributed by atoms with E-state index in [0.29, 0.717) is 0 Å². The molecular weight excluding hydrogens is 430 g/mol. The number of sulfone groups is 2. The average Bonchev–Trinajstić information content (AvgIpc) is 2.75. The van der Waals surface area contributed by atoms with Crippen LogP contribution in [0.1, 0.15) is 0 Å². The third-order valence-corrected chi connectivity index (χ3v) is 8.87. The maximum absolute atomic E-state index is 13.1. The van der Waals surface area contributed by atoms with Crippen LogP contribution in [-0.4, -0.2) is 37.5 Å². The molecule has 2 aromatic carbocycles. The second-order valence-electron chi connectivity index (χ2n) is 5.99. The van der Waals surface area contributed by atoms with Crippen LogP contribution < -0.4 is 0 Å². The van der Waals surface area contributed by atoms with Crippen molar-refractivity contribution in [2.24, 2.45) is 4.99 Å². The Morgan fingerprint density at radius 3 is 1.73 bits per heavy atom. The Labute approximate surface area is 172 Å². The standard InChI is InChI=1S/C19H15N3O6S2/c23-22(24)15-11-12-18(20-13-15)21-14-19(29(25,26)16-7-3-1-4-8-16)30(27,28)17-9-5-2-6-10-17/h1-14,19H. The molecule has 0 unspecified atom stereocenters. The first-order valence-electron chi connectivity index (χ1n) is 8.45. The molecule has 1 aromatic heterocycles. The minimum atomic E-state index is -4.37. The summed E-state index contributed by atoms with van der Waals surface area (Å²) in [5.74, 6) is -0.0721. The van der Waals surface area contributed by atoms with Crippen LogP contribution >= 0.6 is 0 Å². The van der Waals surface area contributed by atoms with Gasteiger partial charge in [-0.15, -0.1) is 0 Å². The second kappa shape index (κ2) is 8.51. The van der Waals surface area contributed by atoms with E-state index in [-0.39, 0.29) is 21.3 Å². The maximum atomic E-state index is 13.1. The van der Waals surface area contributed by atoms with E-state index in [0.717, 1.165) is 18.5 Å². The lowest BCUT2D eigenvalue weighted by atomic mass is 10.4. The number of rotatable bonds is 7. The molecule has 0 atom stereocenters. The van der Waals surface area contributed by atoms with E-state index >= 15 is 0 Å². The van der Waals surface area contributed by atoms with Crippen molar-refractivity contribution in [3.05, 3.63) is 89.1 Å². The van der Waals surface area contributed by atoms with Crippen molar-refractivity contribution in [1.82, 2.24) is 4.98 Å². The Bertz CT molecular complexity index is 1210. The van der Waals surface area contributed by atoms with Gasteiger partial charge in [-0.25, -0.2) is 26.8 Å². The Morgan fingerprint density at radius 2 is 1.33 bits per heavy atom. The summed E-state index contributed by atoms with van der Waals surface area (Å²) in [4.78, 5) is 17.3. The molecule has 9 nitrogen and oxygen atoms in total. The number of pyridine rings is 1. The summed E-state index contributed by atoms with van der Waals surface area (Å²) < 4.78 is 50.5. The first kappa shape index (κ1) is 21.3. The topological polar surface area (TPSA) is 137 Å². The molecule has 30 heavy (non-hydrogen) atoms. The van der Waals surface area contributed by atoms with Crippen molar-refractivity contribution in [3.8, 4) is 0 Å². The lowest BCUT2D eigenvalue weighted by Gasteiger charge is -2.15. The van der Waals surface area contributed by atoms with Crippen molar-refractivity contribution >= 4 is 37.4 Å². The second-order valence-corrected chi connectivity index (χ2v) is 10.4. The third-order valence-electron chi connectivity index (χ3n) is 4.03. The van der Waals surface area contributed by atoms with Crippen molar-refractivity contribution < 1.29 is 21.8 Å². The van der Waals surface area contributed by atoms with Gasteiger partial charge in [0.05, 0.1) is 14.7 Å². The zero-order valence-electron chi connectivity index (χ0n) is 15.3. The quantitative estimate of drug-likeness (QED) is 0.310. The summed E-state index contributed by atoms with van der Waals surface area (Å²) in [6.07, 6.45) is 1.72. The molecule has 0 aliphatic heterocycles. The Kier molecular flexibility index (Phi) is 6.04. The summed E-state index contributed by atoms with van der Waals surface area (Å²) in [5.41, 5.74) is -0.278. The summed E-state index contributed by atoms with van der Waals surface area (Å²) >= 11 is 0. The number of aromatic nitrogens is 1. The van der Waals surface area contributed by atoms with Crippen LogP contribution in [-0.2, 0) is 19.7 Å². The Balaban J connectivity index is 2.09. The van der Waals surface area contributed by atoms with E-state index in [9.17, 15) is 26.9 Å². The van der Waals surface area contributed by atoms with Gasteiger partial charge in [0.1, 0.15) is 6.20 Å². The normalized spacial score (nSPS) is 12.3. The highest BCUT2D eigenvalue weighted by Crippen LogP contribution is 2.25. The molecule has 0 fully saturated rings. The summed E-state index contributed by atoms with van der Waals surface area (Å²) in [5, 5.41) is 10.7. The van der Waals surface area contributed by atoms with Gasteiger partial charge in [-0.1, -0.05) is 36.4 Å². The molecule has 0 aliphatic rings. The van der Waals surface area contributed by atoms with E-state index in [1.807, 2.05) is 0 Å². The molecule has 3 rings (SSSR count). The molecule has 0 aliphatic carbocycles. The Morgan fingerprint density at radius 1 is 0.833 bits per heavy atom. The molecule has 0 amide bonds. The third kappa shape index (κ3) is 4.42. The molecule has 3 aromatic rings. The van der Waals surface area contributed by atoms with Gasteiger partial charge in [-0.2, -0.15) is 0 Å². The summed E-state index contributed by atoms with van der Waals surface area (Å²) in [6, 6.07) is 16.6. The fraction of sp³-hybridized carbons (Fsp3) is 0.0526. The molecule has 0 N–H and O–H groups in total. The first-order chi connectivity index (χ1) is 14.2. The van der Waals surface area contributed by atoms with Crippen molar-refractivity contribution in [3.63, 3.8) is 0 Å². The van der Waals surface area contributed by atoms with Gasteiger partial charge >= 0.3 is 0 Å². The van der Waals surface area contributed by atoms with Crippen LogP contribution in [0.4, 0.5) is 11.5 Å². The molecule has 1 heterocycles. The van der Waals surface area contributed by atoms with Gasteiger partial charge < -0.3 is 0 Å². The predicted molar refractivity (Wildman–Crippen MR) is 110 cm³/mol. The highest BCUT2D eigenvalue weighted by atomic mass is 32.3. The summed E-state index contributed by atoms with van der Waals surface area (Å²) in [7, 11) is -8.74. The van der Waals surface area contributed by atoms with Gasteiger partial charge in [-0.05, 0) is 30.3 Å². The fourth-order valence-corrected chi connectivity index (χ4v) is 6.57. The first-order valence-corrected chi connectivity index (χ1v) is 11.5. The molecular formula is C19H15N3O6S2. The van der Waals surface area contributed by atoms with E-state index < -0.39 is 29.2 Å². The van der Waals surface area contributed by atoms with Gasteiger partial charge in [0.25, 0.3) is 5.69 Å². The fourth-order valence-electron chi connectivity index (χ4n) is 2.52. The molecule has 11 heteroatoms. The van der Waals surface area contributed by atoms with Crippen LogP contribution in [0.25, 0.3) is 0 Å². The molecule has 0 spiro atoms. The van der Waals surface area contributed by atoms with Crippen LogP contribution in [0.5, 0.6) is 0 Å². The van der Waals surface area contributed by atoms with E-state index in [1.54, 1.807) is 12.1 Å². The largest absolute Gasteiger partial charge is 0.287 e. The zero-order valence-corrected chi connectivity index (χ0v) is 16.9. The van der Waals surface area contributed by atoms with Gasteiger partial charge in [-0.3, -0.25) is 10.1 Å². The smallest absolute Gasteiger partial charge is 0.258 e. The molecule has 154 valence electrons. The van der Waals surface area contributed by atoms with Crippen molar-refractivity contribution in [1.29, 1.82) is 0 Å². The van der Waals surface area contributed by atoms with E-state index in [2.05, 4.69) is 9.98 Å². The number of aliphatic imine (C=N–C) groups is 1. The number of hydrogen-bond acceptors (Lipinski definition) is 8. The number of nitro groups is 1. The van der Waals surface area contributed by atoms with E-state index in [4.69, 9.17) is 0 Å². The molecule has 0 saturated carbocycles. The van der Waals surface area contributed by atoms with Crippen molar-refractivity contribution in [2.45, 2.75) is 14.4 Å². The van der Waals surface area contributed by atoms with Gasteiger partial charge in [0, 0.05) is 12.3 Å². The Hall–Kier alpha value is -3.44. The zero-order chi connectivity index (χ0) is 21.8. The molecule has 0 bridgehead atoms. The minimum Gasteiger partial charge on any atom is -0.258 e.